The molecule has 2 atom stereocenters. The minimum atomic E-state index is -3.16. The van der Waals surface area contributed by atoms with E-state index in [9.17, 15) is 13.2 Å². The van der Waals surface area contributed by atoms with Gasteiger partial charge >= 0.3 is 0 Å². The van der Waals surface area contributed by atoms with Crippen LogP contribution in [0.2, 0.25) is 0 Å². The Hall–Kier alpha value is -1.89. The van der Waals surface area contributed by atoms with Crippen molar-refractivity contribution < 1.29 is 13.2 Å². The fourth-order valence-electron chi connectivity index (χ4n) is 3.72. The summed E-state index contributed by atoms with van der Waals surface area (Å²) in [6, 6.07) is 3.36. The van der Waals surface area contributed by atoms with E-state index in [1.165, 1.54) is 0 Å². The van der Waals surface area contributed by atoms with Crippen molar-refractivity contribution in [1.82, 2.24) is 19.7 Å². The van der Waals surface area contributed by atoms with Crippen molar-refractivity contribution in [1.29, 1.82) is 5.26 Å². The van der Waals surface area contributed by atoms with Gasteiger partial charge in [0.2, 0.25) is 5.91 Å². The molecule has 0 bridgehead atoms. The standard InChI is InChI=1S/C16H23N5O3S/c1-19(2)9-16(22)21-4-3-20(8-12-5-13(6-17)18-7-12)14-10-25(23,24)11-15(14)21/h5,7,14-15,18H,3-4,8-11H2,1-2H3/t14-,15+/m1/s1. The first-order valence-electron chi connectivity index (χ1n) is 8.25. The number of aromatic nitrogens is 1. The number of nitriles is 1. The normalized spacial score (nSPS) is 25.8. The molecule has 3 rings (SSSR count). The summed E-state index contributed by atoms with van der Waals surface area (Å²) in [6.45, 7) is 2.01. The van der Waals surface area contributed by atoms with Crippen molar-refractivity contribution in [3.8, 4) is 6.07 Å². The molecule has 1 aromatic rings. The smallest absolute Gasteiger partial charge is 0.237 e. The Morgan fingerprint density at radius 1 is 1.36 bits per heavy atom. The first-order valence-corrected chi connectivity index (χ1v) is 10.1. The molecule has 136 valence electrons. The number of nitrogens with zero attached hydrogens (tertiary/aromatic N) is 4. The Morgan fingerprint density at radius 3 is 2.72 bits per heavy atom. The number of amides is 1. The van der Waals surface area contributed by atoms with Gasteiger partial charge in [0.15, 0.2) is 9.84 Å². The lowest BCUT2D eigenvalue weighted by Gasteiger charge is -2.44. The van der Waals surface area contributed by atoms with E-state index in [4.69, 9.17) is 5.26 Å². The number of H-pyrrole nitrogens is 1. The number of nitrogens with one attached hydrogen (secondary N) is 1. The van der Waals surface area contributed by atoms with Crippen LogP contribution in [0.25, 0.3) is 0 Å². The van der Waals surface area contributed by atoms with E-state index >= 15 is 0 Å². The van der Waals surface area contributed by atoms with Crippen LogP contribution in [0.5, 0.6) is 0 Å². The molecular formula is C16H23N5O3S. The van der Waals surface area contributed by atoms with Gasteiger partial charge in [0.05, 0.1) is 24.1 Å². The van der Waals surface area contributed by atoms with Gasteiger partial charge in [-0.25, -0.2) is 8.42 Å². The maximum absolute atomic E-state index is 12.5. The largest absolute Gasteiger partial charge is 0.353 e. The Morgan fingerprint density at radius 2 is 2.08 bits per heavy atom. The average Bonchev–Trinajstić information content (AvgIpc) is 3.09. The molecule has 2 aliphatic rings. The summed E-state index contributed by atoms with van der Waals surface area (Å²) in [5.41, 5.74) is 1.44. The maximum atomic E-state index is 12.5. The van der Waals surface area contributed by atoms with Crippen LogP contribution < -0.4 is 0 Å². The van der Waals surface area contributed by atoms with Crippen LogP contribution in [0.15, 0.2) is 12.3 Å². The number of fused-ring (bicyclic) bond motifs is 1. The van der Waals surface area contributed by atoms with E-state index in [0.29, 0.717) is 25.3 Å². The summed E-state index contributed by atoms with van der Waals surface area (Å²) in [5.74, 6) is 0.0909. The Balaban J connectivity index is 1.78. The monoisotopic (exact) mass is 365 g/mol. The van der Waals surface area contributed by atoms with Crippen molar-refractivity contribution in [3.63, 3.8) is 0 Å². The first kappa shape index (κ1) is 17.9. The summed E-state index contributed by atoms with van der Waals surface area (Å²) >= 11 is 0. The molecule has 1 amide bonds. The maximum Gasteiger partial charge on any atom is 0.237 e. The van der Waals surface area contributed by atoms with Crippen LogP contribution in [0, 0.1) is 11.3 Å². The zero-order valence-corrected chi connectivity index (χ0v) is 15.3. The summed E-state index contributed by atoms with van der Waals surface area (Å²) < 4.78 is 24.4. The lowest BCUT2D eigenvalue weighted by molar-refractivity contribution is -0.137. The third-order valence-corrected chi connectivity index (χ3v) is 6.51. The number of likely N-dealkylation sites (N-methyl/N-ethyl adjacent to an activating group) is 1. The third kappa shape index (κ3) is 3.86. The van der Waals surface area contributed by atoms with Crippen molar-refractivity contribution in [3.05, 3.63) is 23.5 Å². The zero-order chi connectivity index (χ0) is 18.2. The molecule has 0 aliphatic carbocycles. The van der Waals surface area contributed by atoms with E-state index < -0.39 is 9.84 Å². The number of piperazine rings is 1. The predicted molar refractivity (Wildman–Crippen MR) is 92.4 cm³/mol. The molecular weight excluding hydrogens is 342 g/mol. The number of carbonyl (C=O) groups excluding carboxylic acids is 1. The highest BCUT2D eigenvalue weighted by atomic mass is 32.2. The summed E-state index contributed by atoms with van der Waals surface area (Å²) in [7, 11) is 0.500. The van der Waals surface area contributed by atoms with Crippen LogP contribution in [-0.4, -0.2) is 91.3 Å². The number of rotatable bonds is 4. The van der Waals surface area contributed by atoms with Crippen molar-refractivity contribution in [2.45, 2.75) is 18.6 Å². The molecule has 2 saturated heterocycles. The van der Waals surface area contributed by atoms with Crippen LogP contribution in [0.4, 0.5) is 0 Å². The Bertz CT molecular complexity index is 795. The molecule has 1 aromatic heterocycles. The van der Waals surface area contributed by atoms with E-state index in [1.807, 2.05) is 14.1 Å². The highest BCUT2D eigenvalue weighted by molar-refractivity contribution is 7.91. The number of hydrogen-bond acceptors (Lipinski definition) is 6. The number of hydrogen-bond donors (Lipinski definition) is 1. The van der Waals surface area contributed by atoms with Gasteiger partial charge in [0.1, 0.15) is 11.8 Å². The van der Waals surface area contributed by atoms with Crippen molar-refractivity contribution in [2.75, 3.05) is 45.2 Å². The quantitative estimate of drug-likeness (QED) is 0.754. The van der Waals surface area contributed by atoms with Gasteiger partial charge in [-0.15, -0.1) is 0 Å². The van der Waals surface area contributed by atoms with Crippen molar-refractivity contribution >= 4 is 15.7 Å². The van der Waals surface area contributed by atoms with E-state index in [0.717, 1.165) is 5.56 Å². The molecule has 3 heterocycles. The molecule has 0 spiro atoms. The van der Waals surface area contributed by atoms with Crippen LogP contribution in [-0.2, 0) is 21.2 Å². The molecule has 0 radical (unpaired) electrons. The summed E-state index contributed by atoms with van der Waals surface area (Å²) in [5, 5.41) is 8.92. The lowest BCUT2D eigenvalue weighted by atomic mass is 10.0. The second-order valence-corrected chi connectivity index (χ2v) is 9.19. The third-order valence-electron chi connectivity index (χ3n) is 4.81. The van der Waals surface area contributed by atoms with Gasteiger partial charge in [-0.05, 0) is 25.7 Å². The van der Waals surface area contributed by atoms with Gasteiger partial charge in [0, 0.05) is 31.9 Å². The minimum Gasteiger partial charge on any atom is -0.353 e. The second-order valence-electron chi connectivity index (χ2n) is 7.04. The molecule has 25 heavy (non-hydrogen) atoms. The molecule has 1 N–H and O–H groups in total. The van der Waals surface area contributed by atoms with E-state index in [-0.39, 0.29) is 36.0 Å². The SMILES string of the molecule is CN(C)CC(=O)N1CCN(Cc2c[nH]c(C#N)c2)[C@@H]2CS(=O)(=O)C[C@@H]21. The molecule has 8 nitrogen and oxygen atoms in total. The minimum absolute atomic E-state index is 0.0230. The lowest BCUT2D eigenvalue weighted by Crippen LogP contribution is -2.61. The van der Waals surface area contributed by atoms with Gasteiger partial charge in [-0.1, -0.05) is 0 Å². The second kappa shape index (κ2) is 6.78. The topological polar surface area (TPSA) is 101 Å². The average molecular weight is 365 g/mol. The molecule has 2 aliphatic heterocycles. The fraction of sp³-hybridized carbons (Fsp3) is 0.625. The van der Waals surface area contributed by atoms with E-state index in [1.54, 1.807) is 22.1 Å². The van der Waals surface area contributed by atoms with Crippen LogP contribution >= 0.6 is 0 Å². The Labute approximate surface area is 147 Å². The highest BCUT2D eigenvalue weighted by Gasteiger charge is 2.47. The molecule has 0 aromatic carbocycles. The van der Waals surface area contributed by atoms with Crippen LogP contribution in [0.1, 0.15) is 11.3 Å². The highest BCUT2D eigenvalue weighted by Crippen LogP contribution is 2.28. The predicted octanol–water partition coefficient (Wildman–Crippen LogP) is -0.742. The van der Waals surface area contributed by atoms with Gasteiger partial charge in [0.25, 0.3) is 0 Å². The number of aromatic amines is 1. The van der Waals surface area contributed by atoms with Gasteiger partial charge in [-0.2, -0.15) is 5.26 Å². The van der Waals surface area contributed by atoms with Gasteiger partial charge in [-0.3, -0.25) is 9.69 Å². The van der Waals surface area contributed by atoms with Gasteiger partial charge < -0.3 is 14.8 Å². The summed E-state index contributed by atoms with van der Waals surface area (Å²) in [4.78, 5) is 21.1. The van der Waals surface area contributed by atoms with Crippen LogP contribution in [0.3, 0.4) is 0 Å². The molecule has 9 heteroatoms. The molecule has 0 unspecified atom stereocenters. The van der Waals surface area contributed by atoms with Crippen molar-refractivity contribution in [2.24, 2.45) is 0 Å². The Kier molecular flexibility index (Phi) is 4.86. The number of carbonyl (C=O) groups is 1. The van der Waals surface area contributed by atoms with E-state index in [2.05, 4.69) is 16.0 Å². The molecule has 0 saturated carbocycles. The first-order chi connectivity index (χ1) is 11.8. The number of sulfone groups is 1. The zero-order valence-electron chi connectivity index (χ0n) is 14.5. The fourth-order valence-corrected chi connectivity index (χ4v) is 5.73. The summed E-state index contributed by atoms with van der Waals surface area (Å²) in [6.07, 6.45) is 1.78. The molecule has 2 fully saturated rings.